The summed E-state index contributed by atoms with van der Waals surface area (Å²) in [7, 11) is 1.95. The van der Waals surface area contributed by atoms with E-state index in [0.717, 1.165) is 42.0 Å². The Kier molecular flexibility index (Phi) is 5.67. The van der Waals surface area contributed by atoms with Crippen molar-refractivity contribution in [1.29, 1.82) is 0 Å². The highest BCUT2D eigenvalue weighted by Gasteiger charge is 2.26. The first-order valence-corrected chi connectivity index (χ1v) is 10.2. The van der Waals surface area contributed by atoms with E-state index in [1.54, 1.807) is 0 Å². The minimum absolute atomic E-state index is 0.381. The van der Waals surface area contributed by atoms with Gasteiger partial charge in [0.05, 0.1) is 17.6 Å². The number of likely N-dealkylation sites (tertiary alicyclic amines) is 1. The molecular formula is C24H29N5. The molecule has 3 heterocycles. The normalized spacial score (nSPS) is 22.1. The Bertz CT molecular complexity index is 961. The van der Waals surface area contributed by atoms with Gasteiger partial charge in [-0.05, 0) is 49.1 Å². The van der Waals surface area contributed by atoms with E-state index in [0.29, 0.717) is 6.04 Å². The molecule has 29 heavy (non-hydrogen) atoms. The molecule has 150 valence electrons. The van der Waals surface area contributed by atoms with Gasteiger partial charge in [0.25, 0.3) is 0 Å². The molecule has 0 spiro atoms. The third-order valence-electron chi connectivity index (χ3n) is 5.64. The lowest BCUT2D eigenvalue weighted by Crippen LogP contribution is -2.30. The van der Waals surface area contributed by atoms with E-state index in [-0.39, 0.29) is 0 Å². The van der Waals surface area contributed by atoms with Crippen LogP contribution in [0.25, 0.3) is 11.1 Å². The van der Waals surface area contributed by atoms with Crippen molar-refractivity contribution in [2.75, 3.05) is 6.54 Å². The fourth-order valence-corrected chi connectivity index (χ4v) is 4.10. The molecule has 2 aliphatic rings. The van der Waals surface area contributed by atoms with Crippen LogP contribution in [-0.2, 0) is 13.6 Å². The van der Waals surface area contributed by atoms with Crippen LogP contribution >= 0.6 is 0 Å². The fraction of sp³-hybridized carbons (Fsp3) is 0.292. The largest absolute Gasteiger partial charge is 0.359 e. The van der Waals surface area contributed by atoms with E-state index >= 15 is 0 Å². The summed E-state index contributed by atoms with van der Waals surface area (Å²) in [5.74, 6) is 0. The molecule has 0 radical (unpaired) electrons. The second-order valence-electron chi connectivity index (χ2n) is 7.69. The Labute approximate surface area is 173 Å². The number of rotatable bonds is 5. The lowest BCUT2D eigenvalue weighted by molar-refractivity contribution is 0.275. The van der Waals surface area contributed by atoms with Gasteiger partial charge in [0, 0.05) is 43.8 Å². The van der Waals surface area contributed by atoms with Crippen LogP contribution < -0.4 is 10.6 Å². The summed E-state index contributed by atoms with van der Waals surface area (Å²) >= 11 is 0. The second-order valence-corrected chi connectivity index (χ2v) is 7.69. The molecule has 0 amide bonds. The highest BCUT2D eigenvalue weighted by molar-refractivity contribution is 5.61. The first kappa shape index (κ1) is 19.3. The Morgan fingerprint density at radius 3 is 2.62 bits per heavy atom. The van der Waals surface area contributed by atoms with Crippen LogP contribution in [0.5, 0.6) is 0 Å². The lowest BCUT2D eigenvalue weighted by Gasteiger charge is -2.26. The molecule has 0 aliphatic carbocycles. The molecular weight excluding hydrogens is 358 g/mol. The predicted molar refractivity (Wildman–Crippen MR) is 118 cm³/mol. The van der Waals surface area contributed by atoms with Gasteiger partial charge in [-0.3, -0.25) is 9.58 Å². The van der Waals surface area contributed by atoms with Gasteiger partial charge in [-0.2, -0.15) is 5.10 Å². The van der Waals surface area contributed by atoms with Crippen LogP contribution in [0.3, 0.4) is 0 Å². The van der Waals surface area contributed by atoms with Crippen molar-refractivity contribution in [2.45, 2.75) is 32.4 Å². The van der Waals surface area contributed by atoms with Crippen molar-refractivity contribution in [1.82, 2.24) is 25.3 Å². The maximum atomic E-state index is 4.40. The molecule has 0 unspecified atom stereocenters. The van der Waals surface area contributed by atoms with Crippen LogP contribution in [0.15, 0.2) is 84.8 Å². The number of nitrogens with zero attached hydrogens (tertiary/aromatic N) is 3. The highest BCUT2D eigenvalue weighted by atomic mass is 15.2. The van der Waals surface area contributed by atoms with Gasteiger partial charge in [-0.25, -0.2) is 0 Å². The lowest BCUT2D eigenvalue weighted by atomic mass is 10.0. The Hall–Kier alpha value is -3.05. The van der Waals surface area contributed by atoms with Crippen molar-refractivity contribution >= 4 is 0 Å². The molecule has 0 bridgehead atoms. The molecule has 2 aliphatic heterocycles. The Balaban J connectivity index is 1.44. The average Bonchev–Trinajstić information content (AvgIpc) is 3.38. The van der Waals surface area contributed by atoms with Gasteiger partial charge in [-0.1, -0.05) is 36.9 Å². The minimum atomic E-state index is 0.381. The SMILES string of the molecule is C=C(/C=C1/NC=CN/C1=C/C)[C@H]1CCCN1Cc1ccc(-c2cnn(C)c2)cc1. The molecule has 1 atom stereocenters. The van der Waals surface area contributed by atoms with Crippen molar-refractivity contribution in [3.63, 3.8) is 0 Å². The van der Waals surface area contributed by atoms with Gasteiger partial charge < -0.3 is 10.6 Å². The zero-order valence-electron chi connectivity index (χ0n) is 17.2. The Morgan fingerprint density at radius 2 is 1.93 bits per heavy atom. The number of aromatic nitrogens is 2. The number of benzene rings is 1. The number of allylic oxidation sites excluding steroid dienone is 1. The van der Waals surface area contributed by atoms with E-state index in [9.17, 15) is 0 Å². The van der Waals surface area contributed by atoms with Crippen molar-refractivity contribution < 1.29 is 0 Å². The van der Waals surface area contributed by atoms with Crippen LogP contribution in [-0.4, -0.2) is 27.3 Å². The molecule has 1 aromatic heterocycles. The van der Waals surface area contributed by atoms with Gasteiger partial charge >= 0.3 is 0 Å². The first-order valence-electron chi connectivity index (χ1n) is 10.2. The summed E-state index contributed by atoms with van der Waals surface area (Å²) in [5, 5.41) is 10.9. The molecule has 2 N–H and O–H groups in total. The molecule has 4 rings (SSSR count). The number of aryl methyl sites for hydroxylation is 1. The molecule has 0 saturated carbocycles. The van der Waals surface area contributed by atoms with Crippen LogP contribution in [0.4, 0.5) is 0 Å². The molecule has 5 nitrogen and oxygen atoms in total. The van der Waals surface area contributed by atoms with Gasteiger partial charge in [0.1, 0.15) is 0 Å². The summed E-state index contributed by atoms with van der Waals surface area (Å²) < 4.78 is 1.84. The first-order chi connectivity index (χ1) is 14.1. The molecule has 1 aromatic carbocycles. The molecule has 5 heteroatoms. The summed E-state index contributed by atoms with van der Waals surface area (Å²) in [6, 6.07) is 9.22. The monoisotopic (exact) mass is 387 g/mol. The third-order valence-corrected chi connectivity index (χ3v) is 5.64. The number of nitrogens with one attached hydrogen (secondary N) is 2. The van der Waals surface area contributed by atoms with Gasteiger partial charge in [0.15, 0.2) is 0 Å². The topological polar surface area (TPSA) is 45.1 Å². The van der Waals surface area contributed by atoms with Crippen LogP contribution in [0.1, 0.15) is 25.3 Å². The zero-order valence-corrected chi connectivity index (χ0v) is 17.2. The smallest absolute Gasteiger partial charge is 0.0619 e. The third kappa shape index (κ3) is 4.35. The van der Waals surface area contributed by atoms with E-state index in [1.165, 1.54) is 17.5 Å². The maximum Gasteiger partial charge on any atom is 0.0619 e. The second kappa shape index (κ2) is 8.53. The van der Waals surface area contributed by atoms with Gasteiger partial charge in [-0.15, -0.1) is 0 Å². The zero-order chi connectivity index (χ0) is 20.2. The summed E-state index contributed by atoms with van der Waals surface area (Å²) in [6.07, 6.45) is 14.4. The minimum Gasteiger partial charge on any atom is -0.359 e. The quantitative estimate of drug-likeness (QED) is 0.812. The molecule has 2 aromatic rings. The van der Waals surface area contributed by atoms with Crippen molar-refractivity contribution in [2.24, 2.45) is 7.05 Å². The number of hydrogen-bond acceptors (Lipinski definition) is 4. The predicted octanol–water partition coefficient (Wildman–Crippen LogP) is 4.06. The average molecular weight is 388 g/mol. The van der Waals surface area contributed by atoms with E-state index in [1.807, 2.05) is 43.4 Å². The van der Waals surface area contributed by atoms with Crippen molar-refractivity contribution in [3.8, 4) is 11.1 Å². The summed E-state index contributed by atoms with van der Waals surface area (Å²) in [5.41, 5.74) is 7.02. The van der Waals surface area contributed by atoms with E-state index in [2.05, 4.69) is 63.6 Å². The molecule has 1 fully saturated rings. The standard InChI is InChI=1S/C24H29N5/c1-4-22-23(26-12-11-25-22)14-18(2)24-6-5-13-29(24)16-19-7-9-20(10-8-19)21-15-27-28(3)17-21/h4,7-12,14-15,17,24-26H,2,5-6,13,16H2,1,3H3/b22-4+,23-14+/t24-/m1/s1. The van der Waals surface area contributed by atoms with Crippen LogP contribution in [0.2, 0.25) is 0 Å². The maximum absolute atomic E-state index is 4.40. The van der Waals surface area contributed by atoms with E-state index < -0.39 is 0 Å². The van der Waals surface area contributed by atoms with Gasteiger partial charge in [0.2, 0.25) is 0 Å². The Morgan fingerprint density at radius 1 is 1.17 bits per heavy atom. The van der Waals surface area contributed by atoms with E-state index in [4.69, 9.17) is 0 Å². The fourth-order valence-electron chi connectivity index (χ4n) is 4.10. The summed E-state index contributed by atoms with van der Waals surface area (Å²) in [6.45, 7) is 8.50. The number of hydrogen-bond donors (Lipinski definition) is 2. The van der Waals surface area contributed by atoms with Crippen LogP contribution in [0, 0.1) is 0 Å². The highest BCUT2D eigenvalue weighted by Crippen LogP contribution is 2.27. The van der Waals surface area contributed by atoms with Crippen molar-refractivity contribution in [3.05, 3.63) is 90.3 Å². The summed E-state index contributed by atoms with van der Waals surface area (Å²) in [4.78, 5) is 2.54. The molecule has 1 saturated heterocycles.